The molecule has 1 aromatic carbocycles. The van der Waals surface area contributed by atoms with Crippen molar-refractivity contribution in [2.24, 2.45) is 0 Å². The Balaban J connectivity index is 1.80. The number of nitrogens with zero attached hydrogens (tertiary/aromatic N) is 1. The maximum Gasteiger partial charge on any atom is 0.466 e. The summed E-state index contributed by atoms with van der Waals surface area (Å²) in [5.41, 5.74) is 1.21. The van der Waals surface area contributed by atoms with Gasteiger partial charge in [-0.1, -0.05) is 12.1 Å². The van der Waals surface area contributed by atoms with Gasteiger partial charge in [-0.15, -0.1) is 0 Å². The van der Waals surface area contributed by atoms with Gasteiger partial charge in [-0.25, -0.2) is 0 Å². The first kappa shape index (κ1) is 22.1. The molecule has 2 aliphatic heterocycles. The van der Waals surface area contributed by atoms with Gasteiger partial charge in [-0.3, -0.25) is 4.79 Å². The summed E-state index contributed by atoms with van der Waals surface area (Å²) in [4.78, 5) is 14.6. The quantitative estimate of drug-likeness (QED) is 0.581. The molecule has 3 rings (SSSR count). The summed E-state index contributed by atoms with van der Waals surface area (Å²) in [5.74, 6) is -0.492. The van der Waals surface area contributed by atoms with Crippen molar-refractivity contribution in [3.05, 3.63) is 29.8 Å². The third-order valence-corrected chi connectivity index (χ3v) is 6.44. The lowest BCUT2D eigenvalue weighted by atomic mass is 9.66. The molecule has 0 aliphatic carbocycles. The van der Waals surface area contributed by atoms with Crippen LogP contribution in [0.15, 0.2) is 24.3 Å². The number of benzene rings is 1. The lowest BCUT2D eigenvalue weighted by molar-refractivity contribution is -0.143. The highest BCUT2D eigenvalue weighted by Gasteiger charge is 2.54. The Bertz CT molecular complexity index is 682. The first-order chi connectivity index (χ1) is 13.6. The van der Waals surface area contributed by atoms with Crippen molar-refractivity contribution in [2.75, 3.05) is 24.6 Å². The zero-order chi connectivity index (χ0) is 21.2. The number of rotatable bonds is 6. The minimum Gasteiger partial charge on any atom is -0.466 e. The molecule has 2 heterocycles. The first-order valence-corrected chi connectivity index (χ1v) is 10.7. The number of ether oxygens (including phenoxy) is 1. The van der Waals surface area contributed by atoms with E-state index in [1.54, 1.807) is 0 Å². The summed E-state index contributed by atoms with van der Waals surface area (Å²) >= 11 is 0. The Labute approximate surface area is 174 Å². The van der Waals surface area contributed by atoms with E-state index in [0.29, 0.717) is 6.61 Å². The highest BCUT2D eigenvalue weighted by molar-refractivity contribution is 6.48. The zero-order valence-corrected chi connectivity index (χ0v) is 18.3. The van der Waals surface area contributed by atoms with Crippen LogP contribution in [0, 0.1) is 0 Å². The highest BCUT2D eigenvalue weighted by Crippen LogP contribution is 2.42. The molecule has 2 saturated heterocycles. The summed E-state index contributed by atoms with van der Waals surface area (Å²) in [5, 5.41) is 9.73. The Hall–Kier alpha value is -1.57. The van der Waals surface area contributed by atoms with Crippen LogP contribution in [0.25, 0.3) is 0 Å². The van der Waals surface area contributed by atoms with E-state index in [2.05, 4.69) is 29.2 Å². The van der Waals surface area contributed by atoms with Gasteiger partial charge in [0.1, 0.15) is 0 Å². The number of carbonyl (C=O) groups excluding carboxylic acids is 1. The summed E-state index contributed by atoms with van der Waals surface area (Å²) in [6.07, 6.45) is 1.60. The van der Waals surface area contributed by atoms with Crippen LogP contribution in [0.2, 0.25) is 0 Å². The van der Waals surface area contributed by atoms with E-state index in [1.165, 1.54) is 0 Å². The topological polar surface area (TPSA) is 68.2 Å². The molecular formula is C22H34BNO5. The van der Waals surface area contributed by atoms with Crippen LogP contribution in [0.3, 0.4) is 0 Å². The van der Waals surface area contributed by atoms with E-state index >= 15 is 0 Å². The standard InChI is InChI=1S/C22H34BNO5/c1-6-27-20(26)15-19(23-28-21(2,3)22(4,5)29-23)16-7-9-17(10-8-16)24-13-11-18(25)12-14-24/h7-10,18-19,25H,6,11-15H2,1-5H3. The van der Waals surface area contributed by atoms with E-state index in [4.69, 9.17) is 14.0 Å². The van der Waals surface area contributed by atoms with Crippen LogP contribution in [0.1, 0.15) is 65.3 Å². The summed E-state index contributed by atoms with van der Waals surface area (Å²) in [7, 11) is -0.514. The monoisotopic (exact) mass is 403 g/mol. The zero-order valence-electron chi connectivity index (χ0n) is 18.3. The van der Waals surface area contributed by atoms with Gasteiger partial charge >= 0.3 is 13.1 Å². The maximum atomic E-state index is 12.3. The van der Waals surface area contributed by atoms with Crippen molar-refractivity contribution in [1.29, 1.82) is 0 Å². The van der Waals surface area contributed by atoms with Crippen LogP contribution in [-0.4, -0.2) is 55.2 Å². The number of anilines is 1. The Morgan fingerprint density at radius 2 is 1.72 bits per heavy atom. The number of aliphatic hydroxyl groups excluding tert-OH is 1. The summed E-state index contributed by atoms with van der Waals surface area (Å²) < 4.78 is 17.7. The third-order valence-electron chi connectivity index (χ3n) is 6.44. The number of hydrogen-bond donors (Lipinski definition) is 1. The fourth-order valence-electron chi connectivity index (χ4n) is 3.88. The number of carbonyl (C=O) groups is 1. The molecule has 0 spiro atoms. The molecule has 2 aliphatic rings. The van der Waals surface area contributed by atoms with E-state index < -0.39 is 18.3 Å². The fourth-order valence-corrected chi connectivity index (χ4v) is 3.88. The summed E-state index contributed by atoms with van der Waals surface area (Å²) in [6, 6.07) is 8.26. The van der Waals surface area contributed by atoms with E-state index in [0.717, 1.165) is 37.2 Å². The molecule has 0 bridgehead atoms. The van der Waals surface area contributed by atoms with Crippen LogP contribution >= 0.6 is 0 Å². The second-order valence-electron chi connectivity index (χ2n) is 9.05. The molecule has 0 aromatic heterocycles. The molecule has 1 aromatic rings. The number of piperidine rings is 1. The van der Waals surface area contributed by atoms with Crippen LogP contribution in [-0.2, 0) is 18.8 Å². The van der Waals surface area contributed by atoms with Crippen molar-refractivity contribution in [3.63, 3.8) is 0 Å². The normalized spacial score (nSPS) is 22.6. The van der Waals surface area contributed by atoms with Gasteiger partial charge in [-0.2, -0.15) is 0 Å². The van der Waals surface area contributed by atoms with Gasteiger partial charge < -0.3 is 24.1 Å². The lowest BCUT2D eigenvalue weighted by Crippen LogP contribution is -2.41. The van der Waals surface area contributed by atoms with E-state index in [9.17, 15) is 9.90 Å². The van der Waals surface area contributed by atoms with Crippen LogP contribution < -0.4 is 4.90 Å². The van der Waals surface area contributed by atoms with Gasteiger partial charge in [-0.05, 0) is 65.2 Å². The highest BCUT2D eigenvalue weighted by atomic mass is 16.7. The maximum absolute atomic E-state index is 12.3. The second-order valence-corrected chi connectivity index (χ2v) is 9.05. The van der Waals surface area contributed by atoms with Gasteiger partial charge in [0.25, 0.3) is 0 Å². The molecule has 1 unspecified atom stereocenters. The minimum atomic E-state index is -0.514. The second kappa shape index (κ2) is 8.66. The van der Waals surface area contributed by atoms with E-state index in [1.807, 2.05) is 34.6 Å². The number of esters is 1. The van der Waals surface area contributed by atoms with Gasteiger partial charge in [0.15, 0.2) is 0 Å². The molecule has 1 atom stereocenters. The van der Waals surface area contributed by atoms with Crippen molar-refractivity contribution >= 4 is 18.8 Å². The average molecular weight is 403 g/mol. The minimum absolute atomic E-state index is 0.192. The molecule has 0 radical (unpaired) electrons. The predicted molar refractivity (Wildman–Crippen MR) is 114 cm³/mol. The molecule has 1 N–H and O–H groups in total. The number of aliphatic hydroxyl groups is 1. The van der Waals surface area contributed by atoms with Crippen LogP contribution in [0.4, 0.5) is 5.69 Å². The molecule has 160 valence electrons. The van der Waals surface area contributed by atoms with Crippen molar-refractivity contribution in [2.45, 2.75) is 77.0 Å². The molecule has 0 amide bonds. The van der Waals surface area contributed by atoms with Crippen molar-refractivity contribution in [3.8, 4) is 0 Å². The molecule has 6 nitrogen and oxygen atoms in total. The Morgan fingerprint density at radius 1 is 1.17 bits per heavy atom. The Kier molecular flexibility index (Phi) is 6.61. The van der Waals surface area contributed by atoms with Crippen molar-refractivity contribution in [1.82, 2.24) is 0 Å². The largest absolute Gasteiger partial charge is 0.466 e. The van der Waals surface area contributed by atoms with Crippen molar-refractivity contribution < 1.29 is 23.9 Å². The third kappa shape index (κ3) is 4.96. The average Bonchev–Trinajstić information content (AvgIpc) is 2.88. The smallest absolute Gasteiger partial charge is 0.466 e. The number of hydrogen-bond acceptors (Lipinski definition) is 6. The van der Waals surface area contributed by atoms with Gasteiger partial charge in [0, 0.05) is 24.6 Å². The molecule has 2 fully saturated rings. The molecule has 0 saturated carbocycles. The molecular weight excluding hydrogens is 369 g/mol. The van der Waals surface area contributed by atoms with Gasteiger partial charge in [0.05, 0.1) is 30.3 Å². The summed E-state index contributed by atoms with van der Waals surface area (Å²) in [6.45, 7) is 11.9. The first-order valence-electron chi connectivity index (χ1n) is 10.7. The SMILES string of the molecule is CCOC(=O)CC(B1OC(C)(C)C(C)(C)O1)c1ccc(N2CCC(O)CC2)cc1. The van der Waals surface area contributed by atoms with E-state index in [-0.39, 0.29) is 24.3 Å². The lowest BCUT2D eigenvalue weighted by Gasteiger charge is -2.32. The molecule has 7 heteroatoms. The van der Waals surface area contributed by atoms with Gasteiger partial charge in [0.2, 0.25) is 0 Å². The van der Waals surface area contributed by atoms with Crippen LogP contribution in [0.5, 0.6) is 0 Å². The Morgan fingerprint density at radius 3 is 2.24 bits per heavy atom. The predicted octanol–water partition coefficient (Wildman–Crippen LogP) is 3.32. The molecule has 29 heavy (non-hydrogen) atoms. The fraction of sp³-hybridized carbons (Fsp3) is 0.682.